The SMILES string of the molecule is Cl.NC(=O)N1CCCCC1. The van der Waals surface area contributed by atoms with Gasteiger partial charge in [-0.15, -0.1) is 12.4 Å². The lowest BCUT2D eigenvalue weighted by Gasteiger charge is -2.24. The Morgan fingerprint density at radius 2 is 1.70 bits per heavy atom. The highest BCUT2D eigenvalue weighted by atomic mass is 35.5. The number of primary amides is 1. The number of rotatable bonds is 0. The quantitative estimate of drug-likeness (QED) is 0.570. The molecule has 1 aliphatic heterocycles. The molecule has 0 spiro atoms. The van der Waals surface area contributed by atoms with Crippen LogP contribution in [0.1, 0.15) is 19.3 Å². The first-order valence-corrected chi connectivity index (χ1v) is 3.35. The molecule has 0 aromatic heterocycles. The molecule has 0 atom stereocenters. The zero-order chi connectivity index (χ0) is 6.69. The predicted molar refractivity (Wildman–Crippen MR) is 42.3 cm³/mol. The minimum absolute atomic E-state index is 0. The largest absolute Gasteiger partial charge is 0.351 e. The van der Waals surface area contributed by atoms with Gasteiger partial charge in [0.1, 0.15) is 0 Å². The van der Waals surface area contributed by atoms with Gasteiger partial charge in [-0.05, 0) is 19.3 Å². The minimum atomic E-state index is -0.269. The van der Waals surface area contributed by atoms with E-state index in [-0.39, 0.29) is 18.4 Å². The molecule has 0 bridgehead atoms. The summed E-state index contributed by atoms with van der Waals surface area (Å²) >= 11 is 0. The summed E-state index contributed by atoms with van der Waals surface area (Å²) in [7, 11) is 0. The maximum Gasteiger partial charge on any atom is 0.314 e. The Bertz CT molecular complexity index is 112. The summed E-state index contributed by atoms with van der Waals surface area (Å²) in [5, 5.41) is 0. The summed E-state index contributed by atoms with van der Waals surface area (Å²) < 4.78 is 0. The summed E-state index contributed by atoms with van der Waals surface area (Å²) in [6.07, 6.45) is 3.47. The van der Waals surface area contributed by atoms with Crippen molar-refractivity contribution in [2.24, 2.45) is 5.73 Å². The van der Waals surface area contributed by atoms with Crippen molar-refractivity contribution in [3.8, 4) is 0 Å². The lowest BCUT2D eigenvalue weighted by Crippen LogP contribution is -2.39. The van der Waals surface area contributed by atoms with Gasteiger partial charge in [0.2, 0.25) is 0 Å². The fourth-order valence-corrected chi connectivity index (χ4v) is 1.11. The van der Waals surface area contributed by atoms with Gasteiger partial charge in [0.25, 0.3) is 0 Å². The lowest BCUT2D eigenvalue weighted by molar-refractivity contribution is 0.196. The topological polar surface area (TPSA) is 46.3 Å². The van der Waals surface area contributed by atoms with Crippen molar-refractivity contribution in [3.63, 3.8) is 0 Å². The molecule has 0 unspecified atom stereocenters. The standard InChI is InChI=1S/C6H12N2O.ClH/c7-6(9)8-4-2-1-3-5-8;/h1-5H2,(H2,7,9);1H. The molecule has 0 saturated carbocycles. The van der Waals surface area contributed by atoms with Crippen molar-refractivity contribution in [1.82, 2.24) is 4.90 Å². The van der Waals surface area contributed by atoms with Crippen LogP contribution in [0.15, 0.2) is 0 Å². The summed E-state index contributed by atoms with van der Waals surface area (Å²) in [4.78, 5) is 12.2. The van der Waals surface area contributed by atoms with Crippen molar-refractivity contribution in [2.45, 2.75) is 19.3 Å². The molecule has 3 nitrogen and oxygen atoms in total. The third-order valence-corrected chi connectivity index (χ3v) is 1.67. The van der Waals surface area contributed by atoms with Gasteiger partial charge in [0, 0.05) is 13.1 Å². The number of amides is 2. The zero-order valence-electron chi connectivity index (χ0n) is 5.88. The van der Waals surface area contributed by atoms with Crippen molar-refractivity contribution < 1.29 is 4.79 Å². The van der Waals surface area contributed by atoms with E-state index in [1.165, 1.54) is 6.42 Å². The average molecular weight is 165 g/mol. The Labute approximate surface area is 67.0 Å². The fourth-order valence-electron chi connectivity index (χ4n) is 1.11. The van der Waals surface area contributed by atoms with E-state index in [0.29, 0.717) is 0 Å². The van der Waals surface area contributed by atoms with E-state index in [9.17, 15) is 4.79 Å². The van der Waals surface area contributed by atoms with Gasteiger partial charge in [0.15, 0.2) is 0 Å². The van der Waals surface area contributed by atoms with Crippen LogP contribution in [0, 0.1) is 0 Å². The van der Waals surface area contributed by atoms with Crippen LogP contribution >= 0.6 is 12.4 Å². The number of carbonyl (C=O) groups is 1. The normalized spacial score (nSPS) is 17.8. The molecule has 1 heterocycles. The smallest absolute Gasteiger partial charge is 0.314 e. The molecule has 2 amide bonds. The highest BCUT2D eigenvalue weighted by Gasteiger charge is 2.11. The molecular weight excluding hydrogens is 152 g/mol. The maximum absolute atomic E-state index is 10.5. The van der Waals surface area contributed by atoms with Crippen molar-refractivity contribution in [1.29, 1.82) is 0 Å². The molecule has 4 heteroatoms. The van der Waals surface area contributed by atoms with E-state index in [2.05, 4.69) is 0 Å². The van der Waals surface area contributed by atoms with Gasteiger partial charge in [0.05, 0.1) is 0 Å². The second-order valence-electron chi connectivity index (χ2n) is 2.39. The number of nitrogens with zero attached hydrogens (tertiary/aromatic N) is 1. The van der Waals surface area contributed by atoms with Crippen molar-refractivity contribution in [2.75, 3.05) is 13.1 Å². The molecule has 1 saturated heterocycles. The molecule has 1 fully saturated rings. The number of carbonyl (C=O) groups excluding carboxylic acids is 1. The second kappa shape index (κ2) is 4.39. The molecule has 0 radical (unpaired) electrons. The number of hydrogen-bond acceptors (Lipinski definition) is 1. The minimum Gasteiger partial charge on any atom is -0.351 e. The van der Waals surface area contributed by atoms with E-state index in [0.717, 1.165) is 25.9 Å². The summed E-state index contributed by atoms with van der Waals surface area (Å²) in [5.41, 5.74) is 5.05. The second-order valence-corrected chi connectivity index (χ2v) is 2.39. The summed E-state index contributed by atoms with van der Waals surface area (Å²) in [6.45, 7) is 1.71. The number of likely N-dealkylation sites (tertiary alicyclic amines) is 1. The number of hydrogen-bond donors (Lipinski definition) is 1. The van der Waals surface area contributed by atoms with Crippen LogP contribution in [-0.4, -0.2) is 24.0 Å². The summed E-state index contributed by atoms with van der Waals surface area (Å²) in [5.74, 6) is 0. The third kappa shape index (κ3) is 2.43. The Balaban J connectivity index is 0.000000810. The highest BCUT2D eigenvalue weighted by Crippen LogP contribution is 2.06. The molecule has 1 aliphatic rings. The van der Waals surface area contributed by atoms with Crippen LogP contribution in [0.25, 0.3) is 0 Å². The monoisotopic (exact) mass is 164 g/mol. The Kier molecular flexibility index (Phi) is 4.19. The first-order valence-electron chi connectivity index (χ1n) is 3.35. The van der Waals surface area contributed by atoms with Gasteiger partial charge >= 0.3 is 6.03 Å². The number of urea groups is 1. The van der Waals surface area contributed by atoms with E-state index in [1.54, 1.807) is 4.90 Å². The molecule has 1 rings (SSSR count). The van der Waals surface area contributed by atoms with E-state index in [1.807, 2.05) is 0 Å². The molecule has 60 valence electrons. The Morgan fingerprint density at radius 1 is 1.20 bits per heavy atom. The molecular formula is C6H13ClN2O. The van der Waals surface area contributed by atoms with Crippen LogP contribution in [0.5, 0.6) is 0 Å². The van der Waals surface area contributed by atoms with Crippen molar-refractivity contribution in [3.05, 3.63) is 0 Å². The Hall–Kier alpha value is -0.440. The van der Waals surface area contributed by atoms with Crippen molar-refractivity contribution >= 4 is 18.4 Å². The van der Waals surface area contributed by atoms with Crippen LogP contribution in [-0.2, 0) is 0 Å². The number of piperidine rings is 1. The van der Waals surface area contributed by atoms with Gasteiger partial charge in [-0.25, -0.2) is 4.79 Å². The lowest BCUT2D eigenvalue weighted by atomic mass is 10.1. The summed E-state index contributed by atoms with van der Waals surface area (Å²) in [6, 6.07) is -0.269. The number of halogens is 1. The molecule has 10 heavy (non-hydrogen) atoms. The van der Waals surface area contributed by atoms with Crippen LogP contribution in [0.3, 0.4) is 0 Å². The van der Waals surface area contributed by atoms with Gasteiger partial charge in [-0.1, -0.05) is 0 Å². The zero-order valence-corrected chi connectivity index (χ0v) is 6.69. The molecule has 0 aliphatic carbocycles. The maximum atomic E-state index is 10.5. The average Bonchev–Trinajstić information content (AvgIpc) is 1.90. The molecule has 0 aromatic rings. The van der Waals surface area contributed by atoms with E-state index in [4.69, 9.17) is 5.73 Å². The fraction of sp³-hybridized carbons (Fsp3) is 0.833. The van der Waals surface area contributed by atoms with Gasteiger partial charge in [-0.2, -0.15) is 0 Å². The number of nitrogens with two attached hydrogens (primary N) is 1. The highest BCUT2D eigenvalue weighted by molar-refractivity contribution is 5.85. The van der Waals surface area contributed by atoms with Crippen LogP contribution in [0.2, 0.25) is 0 Å². The first kappa shape index (κ1) is 9.56. The first-order chi connectivity index (χ1) is 4.30. The van der Waals surface area contributed by atoms with Gasteiger partial charge in [-0.3, -0.25) is 0 Å². The van der Waals surface area contributed by atoms with Crippen LogP contribution in [0.4, 0.5) is 4.79 Å². The van der Waals surface area contributed by atoms with E-state index >= 15 is 0 Å². The van der Waals surface area contributed by atoms with Crippen LogP contribution < -0.4 is 5.73 Å². The van der Waals surface area contributed by atoms with Gasteiger partial charge < -0.3 is 10.6 Å². The molecule has 2 N–H and O–H groups in total. The third-order valence-electron chi connectivity index (χ3n) is 1.67. The van der Waals surface area contributed by atoms with E-state index < -0.39 is 0 Å². The molecule has 0 aromatic carbocycles. The Morgan fingerprint density at radius 3 is 2.00 bits per heavy atom. The predicted octanol–water partition coefficient (Wildman–Crippen LogP) is 0.973.